The van der Waals surface area contributed by atoms with E-state index in [1.807, 2.05) is 32.9 Å². The van der Waals surface area contributed by atoms with Crippen LogP contribution in [0.5, 0.6) is 0 Å². The van der Waals surface area contributed by atoms with Crippen molar-refractivity contribution in [3.8, 4) is 5.82 Å². The summed E-state index contributed by atoms with van der Waals surface area (Å²) in [7, 11) is 0. The highest BCUT2D eigenvalue weighted by Gasteiger charge is 2.15. The van der Waals surface area contributed by atoms with Crippen LogP contribution in [0.4, 0.5) is 0 Å². The van der Waals surface area contributed by atoms with Crippen LogP contribution in [0.3, 0.4) is 0 Å². The summed E-state index contributed by atoms with van der Waals surface area (Å²) in [5.41, 5.74) is 4.00. The molecular weight excluding hydrogens is 214 g/mol. The van der Waals surface area contributed by atoms with Crippen LogP contribution in [0.2, 0.25) is 0 Å². The van der Waals surface area contributed by atoms with Gasteiger partial charge in [0.05, 0.1) is 11.8 Å². The lowest BCUT2D eigenvalue weighted by molar-refractivity contribution is 0.198. The predicted octanol–water partition coefficient (Wildman–Crippen LogP) is 2.25. The SMILES string of the molecule is Cc1nn(-c2ncccc2[C@H](C)O)c(C)c1C. The third kappa shape index (κ3) is 1.96. The maximum Gasteiger partial charge on any atom is 0.159 e. The summed E-state index contributed by atoms with van der Waals surface area (Å²) in [4.78, 5) is 4.33. The molecule has 90 valence electrons. The van der Waals surface area contributed by atoms with Crippen LogP contribution in [0, 0.1) is 20.8 Å². The Kier molecular flexibility index (Phi) is 2.98. The molecule has 0 amide bonds. The summed E-state index contributed by atoms with van der Waals surface area (Å²) in [5, 5.41) is 14.2. The summed E-state index contributed by atoms with van der Waals surface area (Å²) in [5.74, 6) is 0.705. The molecule has 1 N–H and O–H groups in total. The molecule has 4 nitrogen and oxygen atoms in total. The first-order chi connectivity index (χ1) is 8.02. The molecule has 0 aliphatic heterocycles. The van der Waals surface area contributed by atoms with Crippen molar-refractivity contribution in [2.75, 3.05) is 0 Å². The Labute approximate surface area is 101 Å². The summed E-state index contributed by atoms with van der Waals surface area (Å²) in [6.07, 6.45) is 1.16. The lowest BCUT2D eigenvalue weighted by Crippen LogP contribution is -2.08. The van der Waals surface area contributed by atoms with Crippen molar-refractivity contribution in [2.45, 2.75) is 33.8 Å². The molecule has 1 atom stereocenters. The minimum atomic E-state index is -0.553. The van der Waals surface area contributed by atoms with E-state index in [0.29, 0.717) is 5.82 Å². The molecule has 0 bridgehead atoms. The number of nitrogens with zero attached hydrogens (tertiary/aromatic N) is 3. The van der Waals surface area contributed by atoms with Crippen LogP contribution in [-0.4, -0.2) is 19.9 Å². The second-order valence-electron chi connectivity index (χ2n) is 4.30. The third-order valence-corrected chi connectivity index (χ3v) is 3.12. The third-order valence-electron chi connectivity index (χ3n) is 3.12. The highest BCUT2D eigenvalue weighted by atomic mass is 16.3. The summed E-state index contributed by atoms with van der Waals surface area (Å²) >= 11 is 0. The first-order valence-corrected chi connectivity index (χ1v) is 5.68. The van der Waals surface area contributed by atoms with Crippen LogP contribution in [0.1, 0.15) is 35.5 Å². The Morgan fingerprint density at radius 1 is 1.29 bits per heavy atom. The van der Waals surface area contributed by atoms with Gasteiger partial charge in [0.15, 0.2) is 5.82 Å². The van der Waals surface area contributed by atoms with Gasteiger partial charge in [-0.25, -0.2) is 9.67 Å². The van der Waals surface area contributed by atoms with Gasteiger partial charge in [0.1, 0.15) is 0 Å². The van der Waals surface area contributed by atoms with Gasteiger partial charge in [0.2, 0.25) is 0 Å². The van der Waals surface area contributed by atoms with Crippen LogP contribution < -0.4 is 0 Å². The molecule has 0 fully saturated rings. The Balaban J connectivity index is 2.64. The highest BCUT2D eigenvalue weighted by molar-refractivity contribution is 5.38. The molecule has 0 spiro atoms. The van der Waals surface area contributed by atoms with E-state index in [1.165, 1.54) is 0 Å². The lowest BCUT2D eigenvalue weighted by atomic mass is 10.1. The van der Waals surface area contributed by atoms with Gasteiger partial charge in [-0.2, -0.15) is 5.10 Å². The minimum Gasteiger partial charge on any atom is -0.389 e. The Morgan fingerprint density at radius 2 is 2.00 bits per heavy atom. The van der Waals surface area contributed by atoms with Gasteiger partial charge in [-0.15, -0.1) is 0 Å². The number of hydrogen-bond acceptors (Lipinski definition) is 3. The van der Waals surface area contributed by atoms with Crippen molar-refractivity contribution >= 4 is 0 Å². The average molecular weight is 231 g/mol. The molecule has 2 rings (SSSR count). The van der Waals surface area contributed by atoms with Gasteiger partial charge in [-0.05, 0) is 39.3 Å². The Bertz CT molecular complexity index is 544. The van der Waals surface area contributed by atoms with E-state index < -0.39 is 6.10 Å². The van der Waals surface area contributed by atoms with Gasteiger partial charge < -0.3 is 5.11 Å². The van der Waals surface area contributed by atoms with Crippen molar-refractivity contribution in [3.63, 3.8) is 0 Å². The van der Waals surface area contributed by atoms with E-state index in [4.69, 9.17) is 0 Å². The fraction of sp³-hybridized carbons (Fsp3) is 0.385. The maximum atomic E-state index is 9.75. The Morgan fingerprint density at radius 3 is 2.53 bits per heavy atom. The van der Waals surface area contributed by atoms with E-state index >= 15 is 0 Å². The van der Waals surface area contributed by atoms with Gasteiger partial charge in [0.25, 0.3) is 0 Å². The van der Waals surface area contributed by atoms with Gasteiger partial charge >= 0.3 is 0 Å². The number of aryl methyl sites for hydroxylation is 1. The van der Waals surface area contributed by atoms with E-state index in [9.17, 15) is 5.11 Å². The quantitative estimate of drug-likeness (QED) is 0.862. The number of rotatable bonds is 2. The normalized spacial score (nSPS) is 12.8. The summed E-state index contributed by atoms with van der Waals surface area (Å²) in [6, 6.07) is 3.70. The molecule has 2 aromatic heterocycles. The van der Waals surface area contributed by atoms with E-state index in [-0.39, 0.29) is 0 Å². The van der Waals surface area contributed by atoms with Crippen molar-refractivity contribution in [1.82, 2.24) is 14.8 Å². The molecular formula is C13H17N3O. The predicted molar refractivity (Wildman–Crippen MR) is 66.2 cm³/mol. The molecule has 17 heavy (non-hydrogen) atoms. The van der Waals surface area contributed by atoms with Crippen molar-refractivity contribution < 1.29 is 5.11 Å². The monoisotopic (exact) mass is 231 g/mol. The first kappa shape index (κ1) is 11.8. The number of aliphatic hydroxyl groups is 1. The standard InChI is InChI=1S/C13H17N3O/c1-8-9(2)15-16(10(8)3)13-12(11(4)17)6-5-7-14-13/h5-7,11,17H,1-4H3/t11-/m0/s1. The summed E-state index contributed by atoms with van der Waals surface area (Å²) in [6.45, 7) is 7.76. The zero-order chi connectivity index (χ0) is 12.6. The zero-order valence-corrected chi connectivity index (χ0v) is 10.6. The fourth-order valence-electron chi connectivity index (χ4n) is 1.84. The van der Waals surface area contributed by atoms with Gasteiger partial charge in [0, 0.05) is 17.5 Å². The minimum absolute atomic E-state index is 0.553. The molecule has 0 radical (unpaired) electrons. The Hall–Kier alpha value is -1.68. The summed E-state index contributed by atoms with van der Waals surface area (Å²) < 4.78 is 1.80. The zero-order valence-electron chi connectivity index (χ0n) is 10.6. The fourth-order valence-corrected chi connectivity index (χ4v) is 1.84. The number of aliphatic hydroxyl groups excluding tert-OH is 1. The van der Waals surface area contributed by atoms with Crippen LogP contribution >= 0.6 is 0 Å². The number of hydrogen-bond donors (Lipinski definition) is 1. The molecule has 0 aromatic carbocycles. The lowest BCUT2D eigenvalue weighted by Gasteiger charge is -2.11. The van der Waals surface area contributed by atoms with Gasteiger partial charge in [-0.1, -0.05) is 6.07 Å². The van der Waals surface area contributed by atoms with Crippen LogP contribution in [0.15, 0.2) is 18.3 Å². The number of aromatic nitrogens is 3. The second-order valence-corrected chi connectivity index (χ2v) is 4.30. The second kappa shape index (κ2) is 4.30. The van der Waals surface area contributed by atoms with E-state index in [2.05, 4.69) is 10.1 Å². The van der Waals surface area contributed by atoms with Crippen molar-refractivity contribution in [2.24, 2.45) is 0 Å². The molecule has 0 unspecified atom stereocenters. The molecule has 0 aliphatic rings. The van der Waals surface area contributed by atoms with Gasteiger partial charge in [-0.3, -0.25) is 0 Å². The van der Waals surface area contributed by atoms with Crippen LogP contribution in [0.25, 0.3) is 5.82 Å². The smallest absolute Gasteiger partial charge is 0.159 e. The van der Waals surface area contributed by atoms with Crippen molar-refractivity contribution in [1.29, 1.82) is 0 Å². The van der Waals surface area contributed by atoms with Crippen molar-refractivity contribution in [3.05, 3.63) is 40.8 Å². The molecule has 2 heterocycles. The molecule has 2 aromatic rings. The maximum absolute atomic E-state index is 9.75. The molecule has 0 saturated carbocycles. The van der Waals surface area contributed by atoms with Crippen LogP contribution in [-0.2, 0) is 0 Å². The largest absolute Gasteiger partial charge is 0.389 e. The van der Waals surface area contributed by atoms with E-state index in [1.54, 1.807) is 17.8 Å². The first-order valence-electron chi connectivity index (χ1n) is 5.68. The van der Waals surface area contributed by atoms with E-state index in [0.717, 1.165) is 22.5 Å². The highest BCUT2D eigenvalue weighted by Crippen LogP contribution is 2.22. The number of pyridine rings is 1. The molecule has 0 aliphatic carbocycles. The molecule has 0 saturated heterocycles. The topological polar surface area (TPSA) is 50.9 Å². The average Bonchev–Trinajstić information content (AvgIpc) is 2.57. The molecule has 4 heteroatoms.